The molecule has 10 heteroatoms. The molecule has 2 heterocycles. The summed E-state index contributed by atoms with van der Waals surface area (Å²) >= 11 is 1.06. The summed E-state index contributed by atoms with van der Waals surface area (Å²) in [5, 5.41) is 11.6. The quantitative estimate of drug-likeness (QED) is 0.630. The summed E-state index contributed by atoms with van der Waals surface area (Å²) in [5.74, 6) is 0. The number of rotatable bonds is 3. The highest BCUT2D eigenvalue weighted by atomic mass is 32.1. The number of morpholine rings is 1. The molecule has 1 saturated heterocycles. The number of hydrogen-bond donors (Lipinski definition) is 0. The van der Waals surface area contributed by atoms with E-state index >= 15 is 0 Å². The zero-order valence-electron chi connectivity index (χ0n) is 11.8. The molecule has 1 aliphatic rings. The fourth-order valence-corrected chi connectivity index (χ4v) is 3.45. The van der Waals surface area contributed by atoms with E-state index in [1.54, 1.807) is 0 Å². The van der Waals surface area contributed by atoms with Crippen LogP contribution in [0.15, 0.2) is 12.1 Å². The van der Waals surface area contributed by atoms with Crippen molar-refractivity contribution in [1.82, 2.24) is 9.88 Å². The van der Waals surface area contributed by atoms with E-state index in [4.69, 9.17) is 4.74 Å². The lowest BCUT2D eigenvalue weighted by Gasteiger charge is -2.25. The molecular weight excluding hydrogens is 335 g/mol. The number of alkyl halides is 3. The van der Waals surface area contributed by atoms with Crippen LogP contribution in [0.5, 0.6) is 0 Å². The molecule has 0 spiro atoms. The van der Waals surface area contributed by atoms with Crippen molar-refractivity contribution < 1.29 is 22.8 Å². The summed E-state index contributed by atoms with van der Waals surface area (Å²) in [4.78, 5) is 16.5. The van der Waals surface area contributed by atoms with Gasteiger partial charge >= 0.3 is 6.18 Å². The lowest BCUT2D eigenvalue weighted by Crippen LogP contribution is -2.35. The number of ether oxygens (including phenoxy) is 1. The minimum absolute atomic E-state index is 0.0137. The van der Waals surface area contributed by atoms with Gasteiger partial charge in [0.1, 0.15) is 9.71 Å². The van der Waals surface area contributed by atoms with Crippen LogP contribution in [0.1, 0.15) is 10.6 Å². The molecule has 2 aromatic rings. The van der Waals surface area contributed by atoms with Crippen LogP contribution in [0.2, 0.25) is 0 Å². The average molecular weight is 347 g/mol. The van der Waals surface area contributed by atoms with E-state index in [1.165, 1.54) is 0 Å². The van der Waals surface area contributed by atoms with Gasteiger partial charge in [-0.1, -0.05) is 0 Å². The third-order valence-corrected chi connectivity index (χ3v) is 4.58. The van der Waals surface area contributed by atoms with Gasteiger partial charge in [-0.3, -0.25) is 15.0 Å². The monoisotopic (exact) mass is 347 g/mol. The molecule has 0 saturated carbocycles. The van der Waals surface area contributed by atoms with Crippen molar-refractivity contribution in [2.45, 2.75) is 12.7 Å². The third kappa shape index (κ3) is 3.43. The summed E-state index contributed by atoms with van der Waals surface area (Å²) in [5.41, 5.74) is -1.60. The molecule has 0 unspecified atom stereocenters. The highest BCUT2D eigenvalue weighted by molar-refractivity contribution is 7.19. The van der Waals surface area contributed by atoms with Gasteiger partial charge in [0.05, 0.1) is 35.8 Å². The number of non-ortho nitro benzene ring substituents is 1. The second-order valence-electron chi connectivity index (χ2n) is 5.09. The highest BCUT2D eigenvalue weighted by Crippen LogP contribution is 2.38. The fraction of sp³-hybridized carbons (Fsp3) is 0.462. The van der Waals surface area contributed by atoms with Crippen LogP contribution < -0.4 is 0 Å². The van der Waals surface area contributed by atoms with Crippen molar-refractivity contribution >= 4 is 27.2 Å². The van der Waals surface area contributed by atoms with Gasteiger partial charge in [0.25, 0.3) is 5.69 Å². The molecular formula is C13H12F3N3O3S. The first-order chi connectivity index (χ1) is 10.8. The number of nitro groups is 1. The van der Waals surface area contributed by atoms with Crippen molar-refractivity contribution in [3.05, 3.63) is 32.8 Å². The molecule has 1 aliphatic heterocycles. The Bertz CT molecular complexity index is 741. The van der Waals surface area contributed by atoms with E-state index in [1.807, 2.05) is 0 Å². The number of nitro benzene ring substituents is 1. The molecule has 0 radical (unpaired) electrons. The molecule has 0 bridgehead atoms. The highest BCUT2D eigenvalue weighted by Gasteiger charge is 2.34. The zero-order chi connectivity index (χ0) is 16.6. The fourth-order valence-electron chi connectivity index (χ4n) is 2.38. The van der Waals surface area contributed by atoms with Crippen molar-refractivity contribution in [2.75, 3.05) is 26.3 Å². The maximum Gasteiger partial charge on any atom is 0.416 e. The lowest BCUT2D eigenvalue weighted by atomic mass is 10.2. The maximum absolute atomic E-state index is 12.9. The van der Waals surface area contributed by atoms with Gasteiger partial charge in [-0.2, -0.15) is 13.2 Å². The van der Waals surface area contributed by atoms with Crippen molar-refractivity contribution in [1.29, 1.82) is 0 Å². The number of halogens is 3. The average Bonchev–Trinajstić information content (AvgIpc) is 2.88. The lowest BCUT2D eigenvalue weighted by molar-refractivity contribution is -0.383. The third-order valence-electron chi connectivity index (χ3n) is 3.50. The van der Waals surface area contributed by atoms with Crippen LogP contribution in [0.3, 0.4) is 0 Å². The Labute approximate surface area is 132 Å². The smallest absolute Gasteiger partial charge is 0.379 e. The molecule has 1 fully saturated rings. The standard InChI is InChI=1S/C13H12F3N3O3S/c14-13(15,16)8-5-9-12(10(6-8)19(20)21)23-11(17-9)7-18-1-3-22-4-2-18/h5-6H,1-4,7H2. The molecule has 1 aromatic carbocycles. The van der Waals surface area contributed by atoms with Crippen molar-refractivity contribution in [3.8, 4) is 0 Å². The van der Waals surface area contributed by atoms with E-state index < -0.39 is 22.4 Å². The number of benzene rings is 1. The van der Waals surface area contributed by atoms with E-state index in [0.717, 1.165) is 17.4 Å². The molecule has 1 aromatic heterocycles. The van der Waals surface area contributed by atoms with Crippen LogP contribution in [0, 0.1) is 10.1 Å². The van der Waals surface area contributed by atoms with Gasteiger partial charge in [-0.25, -0.2) is 4.98 Å². The second-order valence-corrected chi connectivity index (χ2v) is 6.18. The van der Waals surface area contributed by atoms with Gasteiger partial charge in [0, 0.05) is 19.2 Å². The molecule has 3 rings (SSSR count). The van der Waals surface area contributed by atoms with Gasteiger partial charge < -0.3 is 4.74 Å². The molecule has 0 N–H and O–H groups in total. The number of hydrogen-bond acceptors (Lipinski definition) is 6. The van der Waals surface area contributed by atoms with Crippen LogP contribution in [0.25, 0.3) is 10.2 Å². The molecule has 6 nitrogen and oxygen atoms in total. The Morgan fingerprint density at radius 3 is 2.65 bits per heavy atom. The SMILES string of the molecule is O=[N+]([O-])c1cc(C(F)(F)F)cc2nc(CN3CCOCC3)sc12. The maximum atomic E-state index is 12.9. The Hall–Kier alpha value is -1.78. The van der Waals surface area contributed by atoms with E-state index in [0.29, 0.717) is 43.9 Å². The van der Waals surface area contributed by atoms with E-state index in [-0.39, 0.29) is 10.2 Å². The predicted molar refractivity (Wildman–Crippen MR) is 77.4 cm³/mol. The van der Waals surface area contributed by atoms with Crippen LogP contribution in [0.4, 0.5) is 18.9 Å². The Morgan fingerprint density at radius 2 is 2.04 bits per heavy atom. The molecule has 0 amide bonds. The molecule has 124 valence electrons. The topological polar surface area (TPSA) is 68.5 Å². The summed E-state index contributed by atoms with van der Waals surface area (Å²) in [6.07, 6.45) is -4.65. The van der Waals surface area contributed by atoms with Crippen LogP contribution in [-0.4, -0.2) is 41.1 Å². The number of fused-ring (bicyclic) bond motifs is 1. The van der Waals surface area contributed by atoms with Crippen molar-refractivity contribution in [2.24, 2.45) is 0 Å². The Morgan fingerprint density at radius 1 is 1.35 bits per heavy atom. The molecule has 23 heavy (non-hydrogen) atoms. The summed E-state index contributed by atoms with van der Waals surface area (Å²) in [7, 11) is 0. The minimum Gasteiger partial charge on any atom is -0.379 e. The Kier molecular flexibility index (Phi) is 4.21. The Balaban J connectivity index is 2.00. The first kappa shape index (κ1) is 16.1. The summed E-state index contributed by atoms with van der Waals surface area (Å²) < 4.78 is 44.0. The first-order valence-corrected chi connectivity index (χ1v) is 7.61. The molecule has 0 aliphatic carbocycles. The van der Waals surface area contributed by atoms with Gasteiger partial charge in [-0.05, 0) is 6.07 Å². The zero-order valence-corrected chi connectivity index (χ0v) is 12.6. The van der Waals surface area contributed by atoms with Crippen LogP contribution >= 0.6 is 11.3 Å². The normalized spacial score (nSPS) is 16.8. The van der Waals surface area contributed by atoms with Crippen LogP contribution in [-0.2, 0) is 17.5 Å². The van der Waals surface area contributed by atoms with Gasteiger partial charge in [0.2, 0.25) is 0 Å². The predicted octanol–water partition coefficient (Wildman–Crippen LogP) is 3.06. The van der Waals surface area contributed by atoms with E-state index in [2.05, 4.69) is 9.88 Å². The number of nitrogens with zero attached hydrogens (tertiary/aromatic N) is 3. The van der Waals surface area contributed by atoms with E-state index in [9.17, 15) is 23.3 Å². The minimum atomic E-state index is -4.65. The van der Waals surface area contributed by atoms with Gasteiger partial charge in [0.15, 0.2) is 0 Å². The second kappa shape index (κ2) is 6.02. The molecule has 0 atom stereocenters. The summed E-state index contributed by atoms with van der Waals surface area (Å²) in [6.45, 7) is 3.02. The number of thiazole rings is 1. The van der Waals surface area contributed by atoms with Crippen molar-refractivity contribution in [3.63, 3.8) is 0 Å². The largest absolute Gasteiger partial charge is 0.416 e. The van der Waals surface area contributed by atoms with Gasteiger partial charge in [-0.15, -0.1) is 11.3 Å². The number of aromatic nitrogens is 1. The first-order valence-electron chi connectivity index (χ1n) is 6.80. The summed E-state index contributed by atoms with van der Waals surface area (Å²) in [6, 6.07) is 1.43.